The molecule has 1 aromatic carbocycles. The largest absolute Gasteiger partial charge is 0.355 e. The maximum atomic E-state index is 12.0. The molecule has 0 bridgehead atoms. The zero-order valence-corrected chi connectivity index (χ0v) is 12.2. The first-order chi connectivity index (χ1) is 10.3. The third-order valence-electron chi connectivity index (χ3n) is 3.95. The number of hydrogen-bond acceptors (Lipinski definition) is 3. The summed E-state index contributed by atoms with van der Waals surface area (Å²) in [4.78, 5) is 19.8. The number of fused-ring (bicyclic) bond motifs is 1. The molecule has 1 aliphatic rings. The first-order valence-corrected chi connectivity index (χ1v) is 7.77. The molecule has 0 spiro atoms. The van der Waals surface area contributed by atoms with Gasteiger partial charge in [-0.25, -0.2) is 4.98 Å². The monoisotopic (exact) mass is 286 g/mol. The lowest BCUT2D eigenvalue weighted by molar-refractivity contribution is -0.123. The Hall–Kier alpha value is -1.88. The number of nitrogens with one attached hydrogen (secondary N) is 3. The average Bonchev–Trinajstić information content (AvgIpc) is 2.95. The van der Waals surface area contributed by atoms with Crippen molar-refractivity contribution in [2.75, 3.05) is 13.1 Å². The van der Waals surface area contributed by atoms with Crippen molar-refractivity contribution in [1.29, 1.82) is 0 Å². The van der Waals surface area contributed by atoms with Crippen molar-refractivity contribution in [3.05, 3.63) is 30.1 Å². The highest BCUT2D eigenvalue weighted by atomic mass is 16.2. The molecule has 1 fully saturated rings. The Morgan fingerprint density at radius 2 is 2.24 bits per heavy atom. The highest BCUT2D eigenvalue weighted by molar-refractivity contribution is 5.81. The number of benzene rings is 1. The topological polar surface area (TPSA) is 69.8 Å². The molecule has 2 aromatic rings. The zero-order valence-electron chi connectivity index (χ0n) is 12.2. The van der Waals surface area contributed by atoms with E-state index in [1.807, 2.05) is 24.3 Å². The van der Waals surface area contributed by atoms with Crippen LogP contribution in [0.4, 0.5) is 0 Å². The van der Waals surface area contributed by atoms with E-state index in [9.17, 15) is 4.79 Å². The third kappa shape index (κ3) is 3.61. The van der Waals surface area contributed by atoms with Gasteiger partial charge in [-0.3, -0.25) is 4.79 Å². The number of piperidine rings is 1. The molecule has 3 rings (SSSR count). The van der Waals surface area contributed by atoms with Crippen molar-refractivity contribution in [3.8, 4) is 0 Å². The molecule has 1 saturated heterocycles. The second kappa shape index (κ2) is 6.72. The summed E-state index contributed by atoms with van der Waals surface area (Å²) in [5.74, 6) is 1.13. The summed E-state index contributed by atoms with van der Waals surface area (Å²) in [5.41, 5.74) is 2.07. The summed E-state index contributed by atoms with van der Waals surface area (Å²) in [6.07, 6.45) is 5.03. The van der Waals surface area contributed by atoms with Crippen LogP contribution in [0, 0.1) is 0 Å². The number of aryl methyl sites for hydroxylation is 1. The molecule has 5 heteroatoms. The Kier molecular flexibility index (Phi) is 4.50. The SMILES string of the molecule is O=C(NCCCc1nc2ccccc2[nH]1)[C@H]1CCCCN1. The van der Waals surface area contributed by atoms with E-state index >= 15 is 0 Å². The van der Waals surface area contributed by atoms with Gasteiger partial charge in [0, 0.05) is 13.0 Å². The number of H-pyrrole nitrogens is 1. The maximum absolute atomic E-state index is 12.0. The van der Waals surface area contributed by atoms with Gasteiger partial charge in [0.2, 0.25) is 5.91 Å². The van der Waals surface area contributed by atoms with E-state index in [1.54, 1.807) is 0 Å². The summed E-state index contributed by atoms with van der Waals surface area (Å²) in [7, 11) is 0. The first-order valence-electron chi connectivity index (χ1n) is 7.77. The van der Waals surface area contributed by atoms with Crippen LogP contribution in [0.1, 0.15) is 31.5 Å². The molecule has 2 heterocycles. The van der Waals surface area contributed by atoms with Crippen LogP contribution in [-0.2, 0) is 11.2 Å². The summed E-state index contributed by atoms with van der Waals surface area (Å²) in [6, 6.07) is 8.03. The number of carbonyl (C=O) groups excluding carboxylic acids is 1. The fourth-order valence-electron chi connectivity index (χ4n) is 2.79. The highest BCUT2D eigenvalue weighted by Crippen LogP contribution is 2.11. The minimum atomic E-state index is 0.00458. The number of para-hydroxylation sites is 2. The minimum absolute atomic E-state index is 0.00458. The Morgan fingerprint density at radius 1 is 1.33 bits per heavy atom. The smallest absolute Gasteiger partial charge is 0.237 e. The number of amides is 1. The molecule has 0 unspecified atom stereocenters. The number of rotatable bonds is 5. The van der Waals surface area contributed by atoms with E-state index in [2.05, 4.69) is 20.6 Å². The Labute approximate surface area is 124 Å². The predicted molar refractivity (Wildman–Crippen MR) is 83.1 cm³/mol. The highest BCUT2D eigenvalue weighted by Gasteiger charge is 2.19. The quantitative estimate of drug-likeness (QED) is 0.733. The molecule has 0 radical (unpaired) electrons. The zero-order chi connectivity index (χ0) is 14.5. The molecule has 5 nitrogen and oxygen atoms in total. The van der Waals surface area contributed by atoms with E-state index in [0.29, 0.717) is 6.54 Å². The lowest BCUT2D eigenvalue weighted by Crippen LogP contribution is -2.46. The van der Waals surface area contributed by atoms with Crippen LogP contribution < -0.4 is 10.6 Å². The van der Waals surface area contributed by atoms with Crippen LogP contribution in [0.2, 0.25) is 0 Å². The summed E-state index contributed by atoms with van der Waals surface area (Å²) in [6.45, 7) is 1.66. The van der Waals surface area contributed by atoms with Crippen LogP contribution in [0.5, 0.6) is 0 Å². The van der Waals surface area contributed by atoms with Gasteiger partial charge in [-0.15, -0.1) is 0 Å². The van der Waals surface area contributed by atoms with E-state index in [0.717, 1.165) is 49.1 Å². The van der Waals surface area contributed by atoms with Crippen molar-refractivity contribution in [2.24, 2.45) is 0 Å². The lowest BCUT2D eigenvalue weighted by atomic mass is 10.0. The first kappa shape index (κ1) is 14.1. The van der Waals surface area contributed by atoms with Gasteiger partial charge >= 0.3 is 0 Å². The number of hydrogen-bond donors (Lipinski definition) is 3. The van der Waals surface area contributed by atoms with Gasteiger partial charge in [0.1, 0.15) is 5.82 Å². The summed E-state index contributed by atoms with van der Waals surface area (Å²) in [5, 5.41) is 6.28. The van der Waals surface area contributed by atoms with Crippen molar-refractivity contribution in [2.45, 2.75) is 38.1 Å². The van der Waals surface area contributed by atoms with Crippen LogP contribution in [-0.4, -0.2) is 35.0 Å². The standard InChI is InChI=1S/C16H22N4O/c21-16(14-8-3-4-10-17-14)18-11-5-9-15-19-12-6-1-2-7-13(12)20-15/h1-2,6-7,14,17H,3-5,8-11H2,(H,18,21)(H,19,20)/t14-/m1/s1. The van der Waals surface area contributed by atoms with Crippen molar-refractivity contribution >= 4 is 16.9 Å². The molecule has 112 valence electrons. The number of carbonyl (C=O) groups is 1. The second-order valence-electron chi connectivity index (χ2n) is 5.60. The van der Waals surface area contributed by atoms with Gasteiger partial charge < -0.3 is 15.6 Å². The number of aromatic amines is 1. The summed E-state index contributed by atoms with van der Waals surface area (Å²) < 4.78 is 0. The normalized spacial score (nSPS) is 18.8. The van der Waals surface area contributed by atoms with Crippen molar-refractivity contribution in [3.63, 3.8) is 0 Å². The van der Waals surface area contributed by atoms with E-state index in [-0.39, 0.29) is 11.9 Å². The van der Waals surface area contributed by atoms with Gasteiger partial charge in [-0.1, -0.05) is 18.6 Å². The molecular formula is C16H22N4O. The molecule has 1 atom stereocenters. The fraction of sp³-hybridized carbons (Fsp3) is 0.500. The van der Waals surface area contributed by atoms with E-state index in [1.165, 1.54) is 6.42 Å². The van der Waals surface area contributed by atoms with Gasteiger partial charge in [-0.05, 0) is 37.9 Å². The Bertz CT molecular complexity index is 568. The molecule has 1 aliphatic heterocycles. The molecule has 0 saturated carbocycles. The molecular weight excluding hydrogens is 264 g/mol. The summed E-state index contributed by atoms with van der Waals surface area (Å²) >= 11 is 0. The predicted octanol–water partition coefficient (Wildman–Crippen LogP) is 1.75. The molecule has 3 N–H and O–H groups in total. The van der Waals surface area contributed by atoms with Crippen LogP contribution in [0.25, 0.3) is 11.0 Å². The maximum Gasteiger partial charge on any atom is 0.237 e. The minimum Gasteiger partial charge on any atom is -0.355 e. The van der Waals surface area contributed by atoms with Gasteiger partial charge in [0.15, 0.2) is 0 Å². The van der Waals surface area contributed by atoms with Crippen LogP contribution in [0.3, 0.4) is 0 Å². The fourth-order valence-corrected chi connectivity index (χ4v) is 2.79. The van der Waals surface area contributed by atoms with Crippen molar-refractivity contribution in [1.82, 2.24) is 20.6 Å². The molecule has 1 amide bonds. The van der Waals surface area contributed by atoms with E-state index in [4.69, 9.17) is 0 Å². The lowest BCUT2D eigenvalue weighted by Gasteiger charge is -2.22. The van der Waals surface area contributed by atoms with Gasteiger partial charge in [0.05, 0.1) is 17.1 Å². The third-order valence-corrected chi connectivity index (χ3v) is 3.95. The molecule has 21 heavy (non-hydrogen) atoms. The van der Waals surface area contributed by atoms with Crippen LogP contribution in [0.15, 0.2) is 24.3 Å². The Morgan fingerprint density at radius 3 is 3.05 bits per heavy atom. The Balaban J connectivity index is 1.42. The van der Waals surface area contributed by atoms with Crippen molar-refractivity contribution < 1.29 is 4.79 Å². The number of aromatic nitrogens is 2. The van der Waals surface area contributed by atoms with Gasteiger partial charge in [-0.2, -0.15) is 0 Å². The average molecular weight is 286 g/mol. The molecule has 0 aliphatic carbocycles. The molecule has 1 aromatic heterocycles. The van der Waals surface area contributed by atoms with E-state index < -0.39 is 0 Å². The number of imidazole rings is 1. The van der Waals surface area contributed by atoms with Crippen LogP contribution >= 0.6 is 0 Å². The second-order valence-corrected chi connectivity index (χ2v) is 5.60. The van der Waals surface area contributed by atoms with Gasteiger partial charge in [0.25, 0.3) is 0 Å². The number of nitrogens with zero attached hydrogens (tertiary/aromatic N) is 1.